The topological polar surface area (TPSA) is 88.2 Å². The summed E-state index contributed by atoms with van der Waals surface area (Å²) in [6.07, 6.45) is 3.51. The van der Waals surface area contributed by atoms with E-state index in [4.69, 9.17) is 15.7 Å². The molecule has 2 fully saturated rings. The number of amidine groups is 1. The summed E-state index contributed by atoms with van der Waals surface area (Å²) >= 11 is 0. The van der Waals surface area contributed by atoms with Crippen molar-refractivity contribution in [3.05, 3.63) is 0 Å². The van der Waals surface area contributed by atoms with Gasteiger partial charge in [0.2, 0.25) is 5.91 Å². The van der Waals surface area contributed by atoms with Gasteiger partial charge in [0.25, 0.3) is 0 Å². The molecule has 1 amide bonds. The van der Waals surface area contributed by atoms with Gasteiger partial charge in [0.05, 0.1) is 6.10 Å². The standard InChI is InChI=1S/C11H19N3O3/c1-14(7-8-3-2-6-17-8)10(15)11(4-5-11)9(12)13-16/h8,16H,2-7H2,1H3,(H2,12,13). The molecular formula is C11H19N3O3. The fourth-order valence-corrected chi connectivity index (χ4v) is 2.34. The third-order valence-corrected chi connectivity index (χ3v) is 3.61. The number of carbonyl (C=O) groups is 1. The van der Waals surface area contributed by atoms with E-state index in [-0.39, 0.29) is 17.8 Å². The van der Waals surface area contributed by atoms with Crippen molar-refractivity contribution < 1.29 is 14.7 Å². The van der Waals surface area contributed by atoms with Gasteiger partial charge in [-0.15, -0.1) is 0 Å². The molecule has 3 N–H and O–H groups in total. The van der Waals surface area contributed by atoms with E-state index >= 15 is 0 Å². The van der Waals surface area contributed by atoms with Crippen molar-refractivity contribution in [2.24, 2.45) is 16.3 Å². The second-order valence-corrected chi connectivity index (χ2v) is 4.89. The Labute approximate surface area is 100 Å². The van der Waals surface area contributed by atoms with E-state index in [0.29, 0.717) is 19.4 Å². The maximum atomic E-state index is 12.2. The van der Waals surface area contributed by atoms with E-state index in [9.17, 15) is 4.79 Å². The van der Waals surface area contributed by atoms with E-state index < -0.39 is 5.41 Å². The van der Waals surface area contributed by atoms with Gasteiger partial charge in [-0.1, -0.05) is 5.16 Å². The number of nitrogens with two attached hydrogens (primary N) is 1. The number of nitrogens with zero attached hydrogens (tertiary/aromatic N) is 2. The monoisotopic (exact) mass is 241 g/mol. The molecule has 1 aliphatic heterocycles. The van der Waals surface area contributed by atoms with Crippen molar-refractivity contribution in [2.45, 2.75) is 31.8 Å². The van der Waals surface area contributed by atoms with Crippen molar-refractivity contribution in [2.75, 3.05) is 20.2 Å². The third-order valence-electron chi connectivity index (χ3n) is 3.61. The van der Waals surface area contributed by atoms with Crippen molar-refractivity contribution in [3.63, 3.8) is 0 Å². The van der Waals surface area contributed by atoms with Gasteiger partial charge in [0.1, 0.15) is 5.41 Å². The Balaban J connectivity index is 1.95. The lowest BCUT2D eigenvalue weighted by atomic mass is 10.0. The summed E-state index contributed by atoms with van der Waals surface area (Å²) in [6.45, 7) is 1.36. The second kappa shape index (κ2) is 4.52. The molecule has 0 spiro atoms. The van der Waals surface area contributed by atoms with E-state index in [0.717, 1.165) is 19.4 Å². The van der Waals surface area contributed by atoms with Crippen LogP contribution in [0.25, 0.3) is 0 Å². The fourth-order valence-electron chi connectivity index (χ4n) is 2.34. The molecule has 96 valence electrons. The number of amides is 1. The Hall–Kier alpha value is -1.30. The summed E-state index contributed by atoms with van der Waals surface area (Å²) in [5, 5.41) is 11.7. The van der Waals surface area contributed by atoms with Crippen LogP contribution in [0.15, 0.2) is 5.16 Å². The molecule has 0 aromatic heterocycles. The number of likely N-dealkylation sites (N-methyl/N-ethyl adjacent to an activating group) is 1. The molecule has 2 aliphatic rings. The predicted octanol–water partition coefficient (Wildman–Crippen LogP) is 0.150. The zero-order valence-electron chi connectivity index (χ0n) is 10.1. The number of hydrogen-bond acceptors (Lipinski definition) is 4. The van der Waals surface area contributed by atoms with Crippen LogP contribution < -0.4 is 5.73 Å². The molecule has 6 nitrogen and oxygen atoms in total. The minimum absolute atomic E-state index is 0.0293. The second-order valence-electron chi connectivity index (χ2n) is 4.89. The third kappa shape index (κ3) is 2.22. The van der Waals surface area contributed by atoms with Crippen molar-refractivity contribution in [1.29, 1.82) is 0 Å². The number of rotatable bonds is 4. The number of carbonyl (C=O) groups excluding carboxylic acids is 1. The normalized spacial score (nSPS) is 26.9. The first-order valence-electron chi connectivity index (χ1n) is 5.95. The van der Waals surface area contributed by atoms with Crippen LogP contribution in [-0.2, 0) is 9.53 Å². The molecule has 0 aromatic carbocycles. The summed E-state index contributed by atoms with van der Waals surface area (Å²) in [4.78, 5) is 13.9. The predicted molar refractivity (Wildman–Crippen MR) is 61.7 cm³/mol. The first kappa shape index (κ1) is 12.2. The summed E-state index contributed by atoms with van der Waals surface area (Å²) in [6, 6.07) is 0. The molecule has 1 unspecified atom stereocenters. The molecule has 1 aliphatic carbocycles. The van der Waals surface area contributed by atoms with Gasteiger partial charge in [-0.3, -0.25) is 4.79 Å². The molecule has 0 radical (unpaired) electrons. The Morgan fingerprint density at radius 2 is 2.35 bits per heavy atom. The largest absolute Gasteiger partial charge is 0.409 e. The van der Waals surface area contributed by atoms with Gasteiger partial charge < -0.3 is 20.6 Å². The summed E-state index contributed by atoms with van der Waals surface area (Å²) < 4.78 is 5.49. The molecule has 0 aromatic rings. The molecule has 1 saturated heterocycles. The van der Waals surface area contributed by atoms with Gasteiger partial charge in [-0.05, 0) is 25.7 Å². The van der Waals surface area contributed by atoms with E-state index in [2.05, 4.69) is 5.16 Å². The van der Waals surface area contributed by atoms with E-state index in [1.807, 2.05) is 0 Å². The van der Waals surface area contributed by atoms with Crippen LogP contribution in [0, 0.1) is 5.41 Å². The van der Waals surface area contributed by atoms with Gasteiger partial charge in [-0.25, -0.2) is 0 Å². The average molecular weight is 241 g/mol. The van der Waals surface area contributed by atoms with Crippen LogP contribution in [0.2, 0.25) is 0 Å². The Kier molecular flexibility index (Phi) is 3.24. The molecule has 0 bridgehead atoms. The number of ether oxygens (including phenoxy) is 1. The average Bonchev–Trinajstić information content (AvgIpc) is 2.99. The first-order chi connectivity index (χ1) is 8.10. The van der Waals surface area contributed by atoms with E-state index in [1.165, 1.54) is 0 Å². The highest BCUT2D eigenvalue weighted by Gasteiger charge is 2.55. The highest BCUT2D eigenvalue weighted by Crippen LogP contribution is 2.47. The quantitative estimate of drug-likeness (QED) is 0.317. The number of hydrogen-bond donors (Lipinski definition) is 2. The SMILES string of the molecule is CN(CC1CCCO1)C(=O)C1(C(N)=NO)CC1. The van der Waals surface area contributed by atoms with Crippen LogP contribution in [0.1, 0.15) is 25.7 Å². The van der Waals surface area contributed by atoms with Gasteiger partial charge in [0.15, 0.2) is 5.84 Å². The molecule has 1 atom stereocenters. The van der Waals surface area contributed by atoms with E-state index in [1.54, 1.807) is 11.9 Å². The van der Waals surface area contributed by atoms with Crippen molar-refractivity contribution >= 4 is 11.7 Å². The lowest BCUT2D eigenvalue weighted by molar-refractivity contribution is -0.134. The van der Waals surface area contributed by atoms with Crippen LogP contribution >= 0.6 is 0 Å². The first-order valence-corrected chi connectivity index (χ1v) is 5.95. The van der Waals surface area contributed by atoms with Crippen LogP contribution in [0.4, 0.5) is 0 Å². The Morgan fingerprint density at radius 3 is 2.82 bits per heavy atom. The highest BCUT2D eigenvalue weighted by atomic mass is 16.5. The zero-order chi connectivity index (χ0) is 12.5. The minimum Gasteiger partial charge on any atom is -0.409 e. The van der Waals surface area contributed by atoms with Gasteiger partial charge >= 0.3 is 0 Å². The van der Waals surface area contributed by atoms with Crippen molar-refractivity contribution in [3.8, 4) is 0 Å². The molecule has 6 heteroatoms. The molecule has 1 heterocycles. The molecule has 17 heavy (non-hydrogen) atoms. The minimum atomic E-state index is -0.748. The smallest absolute Gasteiger partial charge is 0.236 e. The molecule has 1 saturated carbocycles. The van der Waals surface area contributed by atoms with Gasteiger partial charge in [-0.2, -0.15) is 0 Å². The molecule has 2 rings (SSSR count). The van der Waals surface area contributed by atoms with Crippen LogP contribution in [-0.4, -0.2) is 48.2 Å². The number of oxime groups is 1. The van der Waals surface area contributed by atoms with Crippen LogP contribution in [0.5, 0.6) is 0 Å². The molecular weight excluding hydrogens is 222 g/mol. The Bertz CT molecular complexity index is 333. The Morgan fingerprint density at radius 1 is 1.65 bits per heavy atom. The summed E-state index contributed by atoms with van der Waals surface area (Å²) in [5.41, 5.74) is 4.83. The lowest BCUT2D eigenvalue weighted by Gasteiger charge is -2.25. The summed E-state index contributed by atoms with van der Waals surface area (Å²) in [7, 11) is 1.74. The summed E-state index contributed by atoms with van der Waals surface area (Å²) in [5.74, 6) is -0.0370. The van der Waals surface area contributed by atoms with Crippen LogP contribution in [0.3, 0.4) is 0 Å². The zero-order valence-corrected chi connectivity index (χ0v) is 10.1. The van der Waals surface area contributed by atoms with Crippen molar-refractivity contribution in [1.82, 2.24) is 4.90 Å². The maximum absolute atomic E-state index is 12.2. The fraction of sp³-hybridized carbons (Fsp3) is 0.818. The van der Waals surface area contributed by atoms with Gasteiger partial charge in [0, 0.05) is 20.2 Å². The lowest BCUT2D eigenvalue weighted by Crippen LogP contribution is -2.44. The highest BCUT2D eigenvalue weighted by molar-refractivity contribution is 6.09. The maximum Gasteiger partial charge on any atom is 0.236 e.